The molecule has 0 aliphatic carbocycles. The summed E-state index contributed by atoms with van der Waals surface area (Å²) in [6, 6.07) is 11.0. The summed E-state index contributed by atoms with van der Waals surface area (Å²) in [7, 11) is 0. The summed E-state index contributed by atoms with van der Waals surface area (Å²) < 4.78 is 5.34. The summed E-state index contributed by atoms with van der Waals surface area (Å²) in [5.74, 6) is 0.289. The van der Waals surface area contributed by atoms with Gasteiger partial charge in [-0.15, -0.1) is 0 Å². The number of nitrogens with zero attached hydrogens (tertiary/aromatic N) is 1. The van der Waals surface area contributed by atoms with E-state index in [1.807, 2.05) is 31.2 Å². The Hall–Kier alpha value is -2.60. The number of benzene rings is 2. The topological polar surface area (TPSA) is 81.5 Å². The molecule has 7 heteroatoms. The van der Waals surface area contributed by atoms with Gasteiger partial charge in [-0.1, -0.05) is 23.7 Å². The van der Waals surface area contributed by atoms with Crippen LogP contribution in [0.25, 0.3) is 0 Å². The highest BCUT2D eigenvalue weighted by Gasteiger charge is 2.15. The van der Waals surface area contributed by atoms with Crippen LogP contribution < -0.4 is 10.1 Å². The lowest BCUT2D eigenvalue weighted by Crippen LogP contribution is -2.23. The summed E-state index contributed by atoms with van der Waals surface area (Å²) in [5.41, 5.74) is 0.774. The van der Waals surface area contributed by atoms with Gasteiger partial charge in [0.15, 0.2) is 0 Å². The second kappa shape index (κ2) is 7.60. The molecule has 120 valence electrons. The lowest BCUT2D eigenvalue weighted by molar-refractivity contribution is -0.384. The van der Waals surface area contributed by atoms with Crippen LogP contribution in [0.3, 0.4) is 0 Å². The van der Waals surface area contributed by atoms with Gasteiger partial charge in [0.05, 0.1) is 22.1 Å². The van der Waals surface area contributed by atoms with Crippen molar-refractivity contribution in [3.63, 3.8) is 0 Å². The standard InChI is InChI=1S/C16H15ClN2O4/c1-2-23-13-6-3-11(4-7-13)10-18-16(20)14-9-12(19(21)22)5-8-15(14)17/h3-9H,2,10H2,1H3,(H,18,20). The summed E-state index contributed by atoms with van der Waals surface area (Å²) in [6.07, 6.45) is 0. The quantitative estimate of drug-likeness (QED) is 0.646. The Morgan fingerprint density at radius 2 is 1.96 bits per heavy atom. The van der Waals surface area contributed by atoms with E-state index in [2.05, 4.69) is 5.32 Å². The van der Waals surface area contributed by atoms with E-state index in [4.69, 9.17) is 16.3 Å². The summed E-state index contributed by atoms with van der Waals surface area (Å²) in [4.78, 5) is 22.3. The van der Waals surface area contributed by atoms with Crippen molar-refractivity contribution in [3.8, 4) is 5.75 Å². The molecule has 0 spiro atoms. The van der Waals surface area contributed by atoms with Crippen molar-refractivity contribution in [2.24, 2.45) is 0 Å². The van der Waals surface area contributed by atoms with Crippen LogP contribution in [-0.2, 0) is 6.54 Å². The maximum Gasteiger partial charge on any atom is 0.270 e. The second-order valence-electron chi connectivity index (χ2n) is 4.68. The number of nitro benzene ring substituents is 1. The van der Waals surface area contributed by atoms with Crippen molar-refractivity contribution in [3.05, 3.63) is 68.7 Å². The molecular formula is C16H15ClN2O4. The van der Waals surface area contributed by atoms with Gasteiger partial charge in [-0.3, -0.25) is 14.9 Å². The van der Waals surface area contributed by atoms with E-state index < -0.39 is 10.8 Å². The van der Waals surface area contributed by atoms with Gasteiger partial charge in [0.2, 0.25) is 0 Å². The van der Waals surface area contributed by atoms with Crippen LogP contribution in [0.2, 0.25) is 5.02 Å². The first kappa shape index (κ1) is 16.8. The molecular weight excluding hydrogens is 320 g/mol. The van der Waals surface area contributed by atoms with E-state index in [9.17, 15) is 14.9 Å². The number of rotatable bonds is 6. The first-order valence-electron chi connectivity index (χ1n) is 6.95. The zero-order valence-corrected chi connectivity index (χ0v) is 13.2. The summed E-state index contributed by atoms with van der Waals surface area (Å²) in [5, 5.41) is 13.6. The first-order valence-corrected chi connectivity index (χ1v) is 7.33. The monoisotopic (exact) mass is 334 g/mol. The van der Waals surface area contributed by atoms with E-state index in [0.717, 1.165) is 17.4 Å². The number of hydrogen-bond acceptors (Lipinski definition) is 4. The molecule has 0 saturated heterocycles. The molecule has 23 heavy (non-hydrogen) atoms. The highest BCUT2D eigenvalue weighted by Crippen LogP contribution is 2.22. The number of nitro groups is 1. The Morgan fingerprint density at radius 3 is 2.57 bits per heavy atom. The van der Waals surface area contributed by atoms with Crippen molar-refractivity contribution in [1.29, 1.82) is 0 Å². The van der Waals surface area contributed by atoms with Gasteiger partial charge in [0.1, 0.15) is 5.75 Å². The van der Waals surface area contributed by atoms with Crippen LogP contribution in [0.4, 0.5) is 5.69 Å². The molecule has 0 aromatic heterocycles. The Balaban J connectivity index is 2.04. The van der Waals surface area contributed by atoms with Crippen LogP contribution in [0.5, 0.6) is 5.75 Å². The molecule has 6 nitrogen and oxygen atoms in total. The van der Waals surface area contributed by atoms with Crippen molar-refractivity contribution in [2.75, 3.05) is 6.61 Å². The van der Waals surface area contributed by atoms with Gasteiger partial charge >= 0.3 is 0 Å². The summed E-state index contributed by atoms with van der Waals surface area (Å²) in [6.45, 7) is 2.77. The molecule has 2 aromatic rings. The number of non-ortho nitro benzene ring substituents is 1. The predicted molar refractivity (Wildman–Crippen MR) is 86.9 cm³/mol. The van der Waals surface area contributed by atoms with E-state index in [1.165, 1.54) is 12.1 Å². The fraction of sp³-hybridized carbons (Fsp3) is 0.188. The highest BCUT2D eigenvalue weighted by atomic mass is 35.5. The number of amides is 1. The van der Waals surface area contributed by atoms with Gasteiger partial charge in [-0.25, -0.2) is 0 Å². The smallest absolute Gasteiger partial charge is 0.270 e. The molecule has 0 radical (unpaired) electrons. The minimum absolute atomic E-state index is 0.0757. The fourth-order valence-corrected chi connectivity index (χ4v) is 2.15. The lowest BCUT2D eigenvalue weighted by atomic mass is 10.1. The first-order chi connectivity index (χ1) is 11.0. The zero-order chi connectivity index (χ0) is 16.8. The van der Waals surface area contributed by atoms with Crippen LogP contribution in [0, 0.1) is 10.1 Å². The zero-order valence-electron chi connectivity index (χ0n) is 12.4. The number of halogens is 1. The van der Waals surface area contributed by atoms with Crippen LogP contribution in [-0.4, -0.2) is 17.4 Å². The maximum atomic E-state index is 12.1. The Kier molecular flexibility index (Phi) is 5.54. The SMILES string of the molecule is CCOc1ccc(CNC(=O)c2cc([N+](=O)[O-])ccc2Cl)cc1. The average Bonchev–Trinajstić information content (AvgIpc) is 2.54. The third-order valence-electron chi connectivity index (χ3n) is 3.09. The predicted octanol–water partition coefficient (Wildman–Crippen LogP) is 3.58. The largest absolute Gasteiger partial charge is 0.494 e. The van der Waals surface area contributed by atoms with Gasteiger partial charge in [0, 0.05) is 18.7 Å². The number of hydrogen-bond donors (Lipinski definition) is 1. The van der Waals surface area contributed by atoms with E-state index >= 15 is 0 Å². The van der Waals surface area contributed by atoms with Gasteiger partial charge < -0.3 is 10.1 Å². The molecule has 1 N–H and O–H groups in total. The minimum atomic E-state index is -0.570. The van der Waals surface area contributed by atoms with E-state index in [0.29, 0.717) is 6.61 Å². The minimum Gasteiger partial charge on any atom is -0.494 e. The van der Waals surface area contributed by atoms with Crippen LogP contribution >= 0.6 is 11.6 Å². The number of nitrogens with one attached hydrogen (secondary N) is 1. The molecule has 0 aliphatic heterocycles. The number of ether oxygens (including phenoxy) is 1. The van der Waals surface area contributed by atoms with E-state index in [-0.39, 0.29) is 22.8 Å². The number of carbonyl (C=O) groups excluding carboxylic acids is 1. The average molecular weight is 335 g/mol. The normalized spacial score (nSPS) is 10.2. The summed E-state index contributed by atoms with van der Waals surface area (Å²) >= 11 is 5.93. The van der Waals surface area contributed by atoms with Crippen molar-refractivity contribution < 1.29 is 14.5 Å². The van der Waals surface area contributed by atoms with Crippen LogP contribution in [0.15, 0.2) is 42.5 Å². The highest BCUT2D eigenvalue weighted by molar-refractivity contribution is 6.33. The fourth-order valence-electron chi connectivity index (χ4n) is 1.95. The number of carbonyl (C=O) groups is 1. The second-order valence-corrected chi connectivity index (χ2v) is 5.09. The third-order valence-corrected chi connectivity index (χ3v) is 3.42. The Bertz CT molecular complexity index is 717. The van der Waals surface area contributed by atoms with Crippen molar-refractivity contribution >= 4 is 23.2 Å². The third kappa shape index (κ3) is 4.43. The molecule has 0 bridgehead atoms. The van der Waals surface area contributed by atoms with Gasteiger partial charge in [-0.05, 0) is 30.7 Å². The molecule has 0 heterocycles. The molecule has 2 aromatic carbocycles. The molecule has 0 unspecified atom stereocenters. The Morgan fingerprint density at radius 1 is 1.26 bits per heavy atom. The Labute approximate surface area is 138 Å². The molecule has 1 amide bonds. The molecule has 2 rings (SSSR count). The van der Waals surface area contributed by atoms with Gasteiger partial charge in [0.25, 0.3) is 11.6 Å². The molecule has 0 atom stereocenters. The molecule has 0 saturated carbocycles. The molecule has 0 fully saturated rings. The lowest BCUT2D eigenvalue weighted by Gasteiger charge is -2.08. The van der Waals surface area contributed by atoms with Crippen LogP contribution in [0.1, 0.15) is 22.8 Å². The van der Waals surface area contributed by atoms with E-state index in [1.54, 1.807) is 0 Å². The van der Waals surface area contributed by atoms with Crippen molar-refractivity contribution in [2.45, 2.75) is 13.5 Å². The maximum absolute atomic E-state index is 12.1. The molecule has 0 aliphatic rings. The van der Waals surface area contributed by atoms with Gasteiger partial charge in [-0.2, -0.15) is 0 Å². The van der Waals surface area contributed by atoms with Crippen molar-refractivity contribution in [1.82, 2.24) is 5.32 Å².